The maximum atomic E-state index is 16.1. The molecule has 12 heteroatoms. The first kappa shape index (κ1) is 26.5. The van der Waals surface area contributed by atoms with Crippen LogP contribution in [0.25, 0.3) is 16.6 Å². The lowest BCUT2D eigenvalue weighted by Gasteiger charge is -2.36. The van der Waals surface area contributed by atoms with Gasteiger partial charge in [-0.15, -0.1) is 0 Å². The lowest BCUT2D eigenvalue weighted by Crippen LogP contribution is -2.48. The number of ether oxygens (including phenoxy) is 2. The van der Waals surface area contributed by atoms with Gasteiger partial charge in [0.1, 0.15) is 11.1 Å². The van der Waals surface area contributed by atoms with Crippen LogP contribution in [0.3, 0.4) is 0 Å². The molecule has 0 unspecified atom stereocenters. The van der Waals surface area contributed by atoms with Gasteiger partial charge >= 0.3 is 0 Å². The van der Waals surface area contributed by atoms with Crippen LogP contribution in [0.1, 0.15) is 17.3 Å². The molecule has 0 atom stereocenters. The standard InChI is InChI=1S/C28H29ClFN5O5/c1-17(36)33-6-8-34(9-7-33)22-15-19-25-27(24(22)30)40-23-3-2-18(29)14-21(23)35(25)16-20(26(19)37)28(38)31-4-5-32-10-12-39-13-11-32/h2-3,14-16H,4-13H2,1H3,(H,31,38). The molecule has 0 radical (unpaired) electrons. The molecule has 210 valence electrons. The second-order valence-corrected chi connectivity index (χ2v) is 10.5. The number of piperazine rings is 1. The van der Waals surface area contributed by atoms with E-state index < -0.39 is 17.2 Å². The van der Waals surface area contributed by atoms with Crippen LogP contribution in [0.4, 0.5) is 10.1 Å². The van der Waals surface area contributed by atoms with Crippen molar-refractivity contribution in [2.24, 2.45) is 0 Å². The van der Waals surface area contributed by atoms with Crippen LogP contribution in [0.5, 0.6) is 11.5 Å². The molecule has 0 spiro atoms. The number of morpholine rings is 1. The van der Waals surface area contributed by atoms with Gasteiger partial charge < -0.3 is 29.2 Å². The van der Waals surface area contributed by atoms with Crippen LogP contribution in [-0.2, 0) is 9.53 Å². The number of carbonyl (C=O) groups excluding carboxylic acids is 2. The Hall–Kier alpha value is -3.67. The predicted octanol–water partition coefficient (Wildman–Crippen LogP) is 2.62. The van der Waals surface area contributed by atoms with Crippen LogP contribution in [0.2, 0.25) is 5.02 Å². The van der Waals surface area contributed by atoms with E-state index in [9.17, 15) is 14.4 Å². The Labute approximate surface area is 234 Å². The molecule has 0 bridgehead atoms. The topological polar surface area (TPSA) is 96.4 Å². The number of halogens is 2. The fourth-order valence-electron chi connectivity index (χ4n) is 5.48. The fraction of sp³-hybridized carbons (Fsp3) is 0.393. The second-order valence-electron chi connectivity index (χ2n) is 10.1. The Bertz CT molecular complexity index is 1560. The van der Waals surface area contributed by atoms with Crippen molar-refractivity contribution in [3.05, 3.63) is 57.1 Å². The lowest BCUT2D eigenvalue weighted by molar-refractivity contribution is -0.129. The number of aromatic nitrogens is 1. The number of hydrogen-bond donors (Lipinski definition) is 1. The summed E-state index contributed by atoms with van der Waals surface area (Å²) in [6.45, 7) is 7.02. The molecule has 0 saturated carbocycles. The average Bonchev–Trinajstić information content (AvgIpc) is 2.96. The van der Waals surface area contributed by atoms with Gasteiger partial charge in [0.25, 0.3) is 5.91 Å². The first-order valence-electron chi connectivity index (χ1n) is 13.3. The van der Waals surface area contributed by atoms with Crippen LogP contribution in [0, 0.1) is 5.82 Å². The van der Waals surface area contributed by atoms with Gasteiger partial charge in [-0.2, -0.15) is 0 Å². The molecule has 1 N–H and O–H groups in total. The normalized spacial score (nSPS) is 17.0. The highest BCUT2D eigenvalue weighted by Crippen LogP contribution is 2.45. The third-order valence-corrected chi connectivity index (χ3v) is 7.92. The van der Waals surface area contributed by atoms with E-state index in [0.29, 0.717) is 68.9 Å². The summed E-state index contributed by atoms with van der Waals surface area (Å²) < 4.78 is 29.1. The number of carbonyl (C=O) groups is 2. The van der Waals surface area contributed by atoms with Gasteiger partial charge in [-0.05, 0) is 24.3 Å². The van der Waals surface area contributed by atoms with Crippen molar-refractivity contribution >= 4 is 40.0 Å². The molecule has 2 fully saturated rings. The summed E-state index contributed by atoms with van der Waals surface area (Å²) in [7, 11) is 0. The molecular weight excluding hydrogens is 541 g/mol. The van der Waals surface area contributed by atoms with Crippen LogP contribution in [0.15, 0.2) is 35.3 Å². The maximum absolute atomic E-state index is 16.1. The minimum absolute atomic E-state index is 0.0421. The van der Waals surface area contributed by atoms with Crippen LogP contribution >= 0.6 is 11.6 Å². The van der Waals surface area contributed by atoms with E-state index in [2.05, 4.69) is 10.2 Å². The quantitative estimate of drug-likeness (QED) is 0.395. The zero-order chi connectivity index (χ0) is 28.0. The van der Waals surface area contributed by atoms with Gasteiger partial charge in [-0.25, -0.2) is 4.39 Å². The lowest BCUT2D eigenvalue weighted by atomic mass is 10.1. The van der Waals surface area contributed by atoms with E-state index in [0.717, 1.165) is 13.1 Å². The number of benzene rings is 2. The number of rotatable bonds is 5. The van der Waals surface area contributed by atoms with Gasteiger partial charge in [0.15, 0.2) is 17.3 Å². The molecule has 10 nitrogen and oxygen atoms in total. The Balaban J connectivity index is 1.42. The maximum Gasteiger partial charge on any atom is 0.256 e. The van der Waals surface area contributed by atoms with E-state index in [1.165, 1.54) is 19.2 Å². The van der Waals surface area contributed by atoms with Crippen molar-refractivity contribution in [1.29, 1.82) is 0 Å². The highest BCUT2D eigenvalue weighted by atomic mass is 35.5. The Kier molecular flexibility index (Phi) is 7.11. The molecule has 3 aliphatic rings. The molecule has 3 aromatic rings. The number of anilines is 1. The third-order valence-electron chi connectivity index (χ3n) is 7.68. The zero-order valence-electron chi connectivity index (χ0n) is 22.0. The van der Waals surface area contributed by atoms with Crippen molar-refractivity contribution in [3.8, 4) is 17.2 Å². The summed E-state index contributed by atoms with van der Waals surface area (Å²) in [5.41, 5.74) is 0.334. The van der Waals surface area contributed by atoms with Crippen molar-refractivity contribution < 1.29 is 23.5 Å². The molecular formula is C28H29ClFN5O5. The van der Waals surface area contributed by atoms with Gasteiger partial charge in [0, 0.05) is 70.5 Å². The van der Waals surface area contributed by atoms with Crippen molar-refractivity contribution in [3.63, 3.8) is 0 Å². The van der Waals surface area contributed by atoms with Crippen LogP contribution in [-0.4, -0.2) is 91.8 Å². The van der Waals surface area contributed by atoms with Crippen LogP contribution < -0.4 is 20.4 Å². The minimum Gasteiger partial charge on any atom is -0.450 e. The number of nitrogens with zero attached hydrogens (tertiary/aromatic N) is 4. The molecule has 2 amide bonds. The molecule has 3 aliphatic heterocycles. The number of hydrogen-bond acceptors (Lipinski definition) is 7. The highest BCUT2D eigenvalue weighted by molar-refractivity contribution is 6.30. The molecule has 0 aliphatic carbocycles. The largest absolute Gasteiger partial charge is 0.450 e. The number of nitrogens with one attached hydrogen (secondary N) is 1. The Morgan fingerprint density at radius 1 is 1.05 bits per heavy atom. The van der Waals surface area contributed by atoms with Gasteiger partial charge in [-0.3, -0.25) is 19.3 Å². The average molecular weight is 570 g/mol. The van der Waals surface area contributed by atoms with Crippen molar-refractivity contribution in [1.82, 2.24) is 19.7 Å². The number of pyridine rings is 1. The summed E-state index contributed by atoms with van der Waals surface area (Å²) in [6, 6.07) is 6.40. The summed E-state index contributed by atoms with van der Waals surface area (Å²) >= 11 is 6.27. The second kappa shape index (κ2) is 10.7. The molecule has 2 aromatic carbocycles. The first-order valence-corrected chi connectivity index (χ1v) is 13.7. The van der Waals surface area contributed by atoms with E-state index in [1.54, 1.807) is 32.6 Å². The SMILES string of the molecule is CC(=O)N1CCN(c2cc3c(=O)c(C(=O)NCCN4CCOCC4)cn4c3c(c2F)Oc2ccc(Cl)cc2-4)CC1. The minimum atomic E-state index is -0.611. The molecule has 2 saturated heterocycles. The van der Waals surface area contributed by atoms with Gasteiger partial charge in [0.2, 0.25) is 11.3 Å². The van der Waals surface area contributed by atoms with Gasteiger partial charge in [-0.1, -0.05) is 11.6 Å². The van der Waals surface area contributed by atoms with E-state index >= 15 is 4.39 Å². The predicted molar refractivity (Wildman–Crippen MR) is 149 cm³/mol. The molecule has 4 heterocycles. The Morgan fingerprint density at radius 2 is 1.80 bits per heavy atom. The van der Waals surface area contributed by atoms with E-state index in [4.69, 9.17) is 21.1 Å². The number of amides is 2. The highest BCUT2D eigenvalue weighted by Gasteiger charge is 2.31. The molecule has 40 heavy (non-hydrogen) atoms. The van der Waals surface area contributed by atoms with Crippen molar-refractivity contribution in [2.75, 3.05) is 70.5 Å². The van der Waals surface area contributed by atoms with Gasteiger partial charge in [0.05, 0.1) is 30.0 Å². The zero-order valence-corrected chi connectivity index (χ0v) is 22.8. The number of fused-ring (bicyclic) bond motifs is 2. The fourth-order valence-corrected chi connectivity index (χ4v) is 5.65. The monoisotopic (exact) mass is 569 g/mol. The molecule has 1 aromatic heterocycles. The van der Waals surface area contributed by atoms with E-state index in [1.807, 2.05) is 0 Å². The summed E-state index contributed by atoms with van der Waals surface area (Å²) in [5.74, 6) is -0.910. The Morgan fingerprint density at radius 3 is 2.52 bits per heavy atom. The summed E-state index contributed by atoms with van der Waals surface area (Å²) in [6.07, 6.45) is 1.43. The van der Waals surface area contributed by atoms with Crippen molar-refractivity contribution in [2.45, 2.75) is 6.92 Å². The summed E-state index contributed by atoms with van der Waals surface area (Å²) in [4.78, 5) is 44.5. The third kappa shape index (κ3) is 4.78. The van der Waals surface area contributed by atoms with E-state index in [-0.39, 0.29) is 33.8 Å². The summed E-state index contributed by atoms with van der Waals surface area (Å²) in [5, 5.41) is 3.45. The first-order chi connectivity index (χ1) is 19.3. The smallest absolute Gasteiger partial charge is 0.256 e. The molecule has 6 rings (SSSR count).